The van der Waals surface area contributed by atoms with Crippen LogP contribution in [0.1, 0.15) is 18.3 Å². The van der Waals surface area contributed by atoms with Gasteiger partial charge in [-0.15, -0.1) is 0 Å². The molecule has 0 aliphatic heterocycles. The van der Waals surface area contributed by atoms with Crippen molar-refractivity contribution in [3.63, 3.8) is 0 Å². The van der Waals surface area contributed by atoms with Gasteiger partial charge in [0.15, 0.2) is 0 Å². The Hall–Kier alpha value is -1.10. The van der Waals surface area contributed by atoms with Crippen molar-refractivity contribution in [3.8, 4) is 0 Å². The van der Waals surface area contributed by atoms with Gasteiger partial charge in [0.2, 0.25) is 0 Å². The summed E-state index contributed by atoms with van der Waals surface area (Å²) in [5.74, 6) is -0.267. The van der Waals surface area contributed by atoms with E-state index in [-0.39, 0.29) is 15.6 Å². The maximum atomic E-state index is 13.5. The number of aryl methyl sites for hydroxylation is 1. The zero-order valence-electron chi connectivity index (χ0n) is 9.78. The molecule has 96 valence electrons. The molecule has 2 rings (SSSR count). The largest absolute Gasteiger partial charge is 0.377 e. The lowest BCUT2D eigenvalue weighted by molar-refractivity contribution is 0.0889. The van der Waals surface area contributed by atoms with Crippen LogP contribution >= 0.6 is 23.2 Å². The third kappa shape index (κ3) is 2.11. The molecule has 1 aromatic carbocycles. The van der Waals surface area contributed by atoms with Gasteiger partial charge >= 0.3 is 0 Å². The Balaban J connectivity index is 2.61. The van der Waals surface area contributed by atoms with Crippen LogP contribution in [0.4, 0.5) is 4.39 Å². The number of nitrogens with zero attached hydrogens (tertiary/aromatic N) is 2. The van der Waals surface area contributed by atoms with Gasteiger partial charge in [0.1, 0.15) is 17.2 Å². The van der Waals surface area contributed by atoms with Crippen LogP contribution in [0.3, 0.4) is 0 Å². The zero-order valence-corrected chi connectivity index (χ0v) is 11.3. The van der Waals surface area contributed by atoms with Crippen molar-refractivity contribution >= 4 is 23.2 Å². The number of benzene rings is 1. The molecule has 0 bridgehead atoms. The second-order valence-corrected chi connectivity index (χ2v) is 4.99. The van der Waals surface area contributed by atoms with E-state index in [2.05, 4.69) is 4.98 Å². The third-order valence-electron chi connectivity index (χ3n) is 2.79. The number of imidazole rings is 1. The molecule has 3 nitrogen and oxygen atoms in total. The number of rotatable bonds is 2. The molecule has 0 spiro atoms. The van der Waals surface area contributed by atoms with Gasteiger partial charge in [-0.05, 0) is 19.1 Å². The fourth-order valence-corrected chi connectivity index (χ4v) is 2.42. The van der Waals surface area contributed by atoms with Crippen LogP contribution in [0.2, 0.25) is 10.0 Å². The highest BCUT2D eigenvalue weighted by molar-refractivity contribution is 6.35. The quantitative estimate of drug-likeness (QED) is 0.863. The highest BCUT2D eigenvalue weighted by atomic mass is 35.5. The van der Waals surface area contributed by atoms with Crippen molar-refractivity contribution in [2.24, 2.45) is 7.05 Å². The zero-order chi connectivity index (χ0) is 13.5. The van der Waals surface area contributed by atoms with Crippen molar-refractivity contribution in [2.75, 3.05) is 0 Å². The topological polar surface area (TPSA) is 38.0 Å². The smallest absolute Gasteiger partial charge is 0.146 e. The first-order valence-electron chi connectivity index (χ1n) is 5.19. The standard InChI is InChI=1S/C12H11Cl2FN2O/c1-12(18,11-16-3-4-17(11)2)7-5-10(15)9(14)6-8(7)13/h3-6,18H,1-2H3. The number of halogens is 3. The summed E-state index contributed by atoms with van der Waals surface area (Å²) in [5.41, 5.74) is -1.28. The average Bonchev–Trinajstić information content (AvgIpc) is 2.70. The summed E-state index contributed by atoms with van der Waals surface area (Å²) in [6.07, 6.45) is 3.23. The van der Waals surface area contributed by atoms with Gasteiger partial charge in [0.05, 0.1) is 5.02 Å². The molecule has 18 heavy (non-hydrogen) atoms. The lowest BCUT2D eigenvalue weighted by Crippen LogP contribution is -2.27. The SMILES string of the molecule is Cn1ccnc1C(C)(O)c1cc(F)c(Cl)cc1Cl. The van der Waals surface area contributed by atoms with E-state index in [9.17, 15) is 9.50 Å². The van der Waals surface area contributed by atoms with Gasteiger partial charge in [-0.3, -0.25) is 0 Å². The van der Waals surface area contributed by atoms with Crippen LogP contribution in [0, 0.1) is 5.82 Å². The molecule has 1 N–H and O–H groups in total. The van der Waals surface area contributed by atoms with Crippen LogP contribution in [-0.4, -0.2) is 14.7 Å². The van der Waals surface area contributed by atoms with Crippen LogP contribution in [0.25, 0.3) is 0 Å². The van der Waals surface area contributed by atoms with Crippen molar-refractivity contribution in [2.45, 2.75) is 12.5 Å². The molecule has 0 aliphatic rings. The molecular formula is C12H11Cl2FN2O. The minimum absolute atomic E-state index is 0.0839. The maximum absolute atomic E-state index is 13.5. The molecule has 0 aliphatic carbocycles. The lowest BCUT2D eigenvalue weighted by atomic mass is 9.95. The van der Waals surface area contributed by atoms with E-state index in [4.69, 9.17) is 23.2 Å². The summed E-state index contributed by atoms with van der Waals surface area (Å²) >= 11 is 11.6. The number of hydrogen-bond acceptors (Lipinski definition) is 2. The molecular weight excluding hydrogens is 278 g/mol. The molecule has 0 radical (unpaired) electrons. The van der Waals surface area contributed by atoms with E-state index < -0.39 is 11.4 Å². The van der Waals surface area contributed by atoms with Crippen LogP contribution < -0.4 is 0 Å². The first-order chi connectivity index (χ1) is 8.34. The average molecular weight is 289 g/mol. The number of aliphatic hydroxyl groups is 1. The summed E-state index contributed by atoms with van der Waals surface area (Å²) in [7, 11) is 1.73. The van der Waals surface area contributed by atoms with E-state index in [0.29, 0.717) is 5.82 Å². The second kappa shape index (κ2) is 4.53. The molecule has 1 atom stereocenters. The van der Waals surface area contributed by atoms with Crippen molar-refractivity contribution in [3.05, 3.63) is 51.8 Å². The first kappa shape index (κ1) is 13.3. The Kier molecular flexibility index (Phi) is 3.36. The van der Waals surface area contributed by atoms with Crippen LogP contribution in [0.5, 0.6) is 0 Å². The van der Waals surface area contributed by atoms with E-state index >= 15 is 0 Å². The Bertz CT molecular complexity index is 596. The minimum Gasteiger partial charge on any atom is -0.377 e. The number of aromatic nitrogens is 2. The predicted molar refractivity (Wildman–Crippen MR) is 68.3 cm³/mol. The third-order valence-corrected chi connectivity index (χ3v) is 3.39. The molecule has 1 heterocycles. The van der Waals surface area contributed by atoms with E-state index in [1.165, 1.54) is 13.0 Å². The van der Waals surface area contributed by atoms with Gasteiger partial charge in [-0.1, -0.05) is 23.2 Å². The molecule has 1 unspecified atom stereocenters. The fraction of sp³-hybridized carbons (Fsp3) is 0.250. The van der Waals surface area contributed by atoms with Gasteiger partial charge in [-0.2, -0.15) is 0 Å². The van der Waals surface area contributed by atoms with E-state index in [1.807, 2.05) is 0 Å². The highest BCUT2D eigenvalue weighted by Gasteiger charge is 2.32. The Morgan fingerprint density at radius 1 is 1.33 bits per heavy atom. The molecule has 6 heteroatoms. The van der Waals surface area contributed by atoms with Crippen molar-refractivity contribution in [1.29, 1.82) is 0 Å². The summed E-state index contributed by atoms with van der Waals surface area (Å²) < 4.78 is 15.1. The first-order valence-corrected chi connectivity index (χ1v) is 5.95. The van der Waals surface area contributed by atoms with Crippen molar-refractivity contribution < 1.29 is 9.50 Å². The summed E-state index contributed by atoms with van der Waals surface area (Å²) in [5, 5.41) is 10.7. The molecule has 1 aromatic heterocycles. The van der Waals surface area contributed by atoms with E-state index in [1.54, 1.807) is 24.0 Å². The fourth-order valence-electron chi connectivity index (χ4n) is 1.85. The Morgan fingerprint density at radius 3 is 2.56 bits per heavy atom. The summed E-state index contributed by atoms with van der Waals surface area (Å²) in [6.45, 7) is 1.50. The summed E-state index contributed by atoms with van der Waals surface area (Å²) in [4.78, 5) is 4.06. The van der Waals surface area contributed by atoms with Gasteiger partial charge < -0.3 is 9.67 Å². The molecule has 0 amide bonds. The van der Waals surface area contributed by atoms with Gasteiger partial charge in [-0.25, -0.2) is 9.37 Å². The molecule has 0 saturated carbocycles. The molecule has 0 fully saturated rings. The van der Waals surface area contributed by atoms with Gasteiger partial charge in [0, 0.05) is 30.0 Å². The summed E-state index contributed by atoms with van der Waals surface area (Å²) in [6, 6.07) is 2.39. The highest BCUT2D eigenvalue weighted by Crippen LogP contribution is 2.35. The normalized spacial score (nSPS) is 14.6. The maximum Gasteiger partial charge on any atom is 0.146 e. The Morgan fingerprint density at radius 2 is 2.00 bits per heavy atom. The molecule has 2 aromatic rings. The second-order valence-electron chi connectivity index (χ2n) is 4.18. The Labute approximate surface area is 114 Å². The van der Waals surface area contributed by atoms with Gasteiger partial charge in [0.25, 0.3) is 0 Å². The van der Waals surface area contributed by atoms with Crippen LogP contribution in [-0.2, 0) is 12.6 Å². The molecule has 0 saturated heterocycles. The van der Waals surface area contributed by atoms with Crippen molar-refractivity contribution in [1.82, 2.24) is 9.55 Å². The van der Waals surface area contributed by atoms with Crippen LogP contribution in [0.15, 0.2) is 24.5 Å². The minimum atomic E-state index is -1.50. The monoisotopic (exact) mass is 288 g/mol. The lowest BCUT2D eigenvalue weighted by Gasteiger charge is -2.24. The predicted octanol–water partition coefficient (Wildman–Crippen LogP) is 3.12. The number of hydrogen-bond donors (Lipinski definition) is 1. The van der Waals surface area contributed by atoms with E-state index in [0.717, 1.165) is 6.07 Å².